The average molecular weight is 498 g/mol. The van der Waals surface area contributed by atoms with E-state index in [4.69, 9.17) is 12.2 Å². The summed E-state index contributed by atoms with van der Waals surface area (Å²) >= 11 is 5.72. The van der Waals surface area contributed by atoms with E-state index in [1.807, 2.05) is 0 Å². The van der Waals surface area contributed by atoms with E-state index in [1.165, 1.54) is 62.9 Å². The van der Waals surface area contributed by atoms with Crippen LogP contribution in [0.4, 0.5) is 5.69 Å². The fourth-order valence-corrected chi connectivity index (χ4v) is 5.82. The molecule has 1 N–H and O–H groups in total. The lowest BCUT2D eigenvalue weighted by molar-refractivity contribution is 0.336. The number of thiocarbonyl (C=S) groups is 1. The molecule has 0 heterocycles. The largest absolute Gasteiger partial charge is 0.358 e. The summed E-state index contributed by atoms with van der Waals surface area (Å²) in [6, 6.07) is 18.2. The molecule has 3 heteroatoms. The lowest BCUT2D eigenvalue weighted by Crippen LogP contribution is -2.19. The Labute approximate surface area is 226 Å². The van der Waals surface area contributed by atoms with Gasteiger partial charge >= 0.3 is 0 Å². The topological polar surface area (TPSA) is 12.0 Å². The van der Waals surface area contributed by atoms with E-state index >= 15 is 0 Å². The van der Waals surface area contributed by atoms with Crippen LogP contribution in [0.25, 0.3) is 11.1 Å². The van der Waals surface area contributed by atoms with E-state index in [0.717, 1.165) is 42.4 Å². The SMILES string of the molecule is CCC(C)C(CC)Cc1ccc(NC(=S)BCc2cc(C)c(-c3c(C)cc(C)cc3C)cc2C)cc1. The van der Waals surface area contributed by atoms with E-state index in [9.17, 15) is 0 Å². The summed E-state index contributed by atoms with van der Waals surface area (Å²) in [5.41, 5.74) is 13.3. The van der Waals surface area contributed by atoms with Gasteiger partial charge in [-0.25, -0.2) is 0 Å². The Hall–Kier alpha value is -2.39. The Balaban J connectivity index is 1.63. The third-order valence-electron chi connectivity index (χ3n) is 7.96. The molecule has 3 aromatic rings. The number of rotatable bonds is 10. The molecule has 0 aliphatic heterocycles. The first-order valence-electron chi connectivity index (χ1n) is 13.7. The molecule has 36 heavy (non-hydrogen) atoms. The zero-order valence-corrected chi connectivity index (χ0v) is 24.5. The smallest absolute Gasteiger partial charge is 0.198 e. The van der Waals surface area contributed by atoms with Crippen LogP contribution in [0.3, 0.4) is 0 Å². The van der Waals surface area contributed by atoms with Crippen molar-refractivity contribution in [3.63, 3.8) is 0 Å². The fraction of sp³-hybridized carbons (Fsp3) is 0.424. The highest BCUT2D eigenvalue weighted by atomic mass is 32.1. The van der Waals surface area contributed by atoms with E-state index < -0.39 is 0 Å². The Morgan fingerprint density at radius 2 is 1.47 bits per heavy atom. The minimum atomic E-state index is 0.756. The highest BCUT2D eigenvalue weighted by Gasteiger charge is 2.15. The van der Waals surface area contributed by atoms with Gasteiger partial charge in [0, 0.05) is 10.6 Å². The van der Waals surface area contributed by atoms with Crippen LogP contribution in [0.2, 0.25) is 0 Å². The molecule has 0 aliphatic carbocycles. The Morgan fingerprint density at radius 3 is 2.06 bits per heavy atom. The molecule has 190 valence electrons. The van der Waals surface area contributed by atoms with Crippen molar-refractivity contribution in [2.45, 2.75) is 81.0 Å². The molecule has 2 atom stereocenters. The third-order valence-corrected chi connectivity index (χ3v) is 8.27. The molecule has 0 aliphatic rings. The molecule has 0 fully saturated rings. The van der Waals surface area contributed by atoms with Crippen molar-refractivity contribution in [3.05, 3.63) is 87.5 Å². The molecular weight excluding hydrogens is 453 g/mol. The van der Waals surface area contributed by atoms with Gasteiger partial charge in [-0.2, -0.15) is 0 Å². The summed E-state index contributed by atoms with van der Waals surface area (Å²) in [5.74, 6) is 1.53. The minimum absolute atomic E-state index is 0.756. The monoisotopic (exact) mass is 497 g/mol. The zero-order valence-electron chi connectivity index (χ0n) is 23.7. The average Bonchev–Trinajstić information content (AvgIpc) is 2.83. The van der Waals surface area contributed by atoms with Crippen LogP contribution >= 0.6 is 12.2 Å². The maximum atomic E-state index is 5.72. The second kappa shape index (κ2) is 12.7. The van der Waals surface area contributed by atoms with Crippen LogP contribution in [0.5, 0.6) is 0 Å². The van der Waals surface area contributed by atoms with Crippen LogP contribution in [0.15, 0.2) is 48.5 Å². The molecule has 0 saturated carbocycles. The van der Waals surface area contributed by atoms with Crippen molar-refractivity contribution in [1.82, 2.24) is 0 Å². The molecule has 0 radical (unpaired) electrons. The van der Waals surface area contributed by atoms with Crippen molar-refractivity contribution in [2.75, 3.05) is 5.32 Å². The molecular formula is C33H44BNS. The van der Waals surface area contributed by atoms with Crippen LogP contribution < -0.4 is 5.32 Å². The number of hydrogen-bond acceptors (Lipinski definition) is 1. The first-order chi connectivity index (χ1) is 17.1. The first kappa shape index (κ1) is 28.2. The lowest BCUT2D eigenvalue weighted by atomic mass is 9.70. The maximum Gasteiger partial charge on any atom is 0.198 e. The molecule has 0 spiro atoms. The quantitative estimate of drug-likeness (QED) is 0.222. The van der Waals surface area contributed by atoms with E-state index in [0.29, 0.717) is 0 Å². The van der Waals surface area contributed by atoms with Gasteiger partial charge in [-0.15, -0.1) is 0 Å². The molecule has 2 unspecified atom stereocenters. The standard InChI is InChI=1S/C33H44BNS/c1-9-22(4)28(10-2)19-27-11-13-30(14-12-27)35-33(36)34-20-29-17-24(6)31(18-23(29)5)32-25(7)15-21(3)16-26(32)8/h11-18,22,28,34H,9-10,19-20H2,1-8H3,(H,35,36). The molecule has 3 aromatic carbocycles. The fourth-order valence-electron chi connectivity index (χ4n) is 5.60. The van der Waals surface area contributed by atoms with Crippen molar-refractivity contribution >= 4 is 30.1 Å². The first-order valence-corrected chi connectivity index (χ1v) is 14.1. The summed E-state index contributed by atoms with van der Waals surface area (Å²) in [6.45, 7) is 18.1. The van der Waals surface area contributed by atoms with Gasteiger partial charge in [-0.1, -0.05) is 93.4 Å². The highest BCUT2D eigenvalue weighted by Crippen LogP contribution is 2.33. The van der Waals surface area contributed by atoms with Gasteiger partial charge in [-0.3, -0.25) is 0 Å². The van der Waals surface area contributed by atoms with Crippen molar-refractivity contribution < 1.29 is 0 Å². The van der Waals surface area contributed by atoms with Crippen molar-refractivity contribution in [2.24, 2.45) is 11.8 Å². The molecule has 0 amide bonds. The van der Waals surface area contributed by atoms with Gasteiger partial charge in [0.05, 0.1) is 0 Å². The number of aryl methyl sites for hydroxylation is 5. The minimum Gasteiger partial charge on any atom is -0.358 e. The highest BCUT2D eigenvalue weighted by molar-refractivity contribution is 7.83. The molecule has 0 saturated heterocycles. The number of hydrogen-bond donors (Lipinski definition) is 1. The van der Waals surface area contributed by atoms with Gasteiger partial charge in [0.15, 0.2) is 7.28 Å². The van der Waals surface area contributed by atoms with Gasteiger partial charge in [-0.05, 0) is 110 Å². The van der Waals surface area contributed by atoms with Gasteiger partial charge in [0.1, 0.15) is 0 Å². The molecule has 1 nitrogen and oxygen atoms in total. The lowest BCUT2D eigenvalue weighted by Gasteiger charge is -2.21. The van der Waals surface area contributed by atoms with Crippen molar-refractivity contribution in [3.8, 4) is 11.1 Å². The Kier molecular flexibility index (Phi) is 9.96. The normalized spacial score (nSPS) is 12.8. The molecule has 3 rings (SSSR count). The van der Waals surface area contributed by atoms with Gasteiger partial charge < -0.3 is 5.32 Å². The summed E-state index contributed by atoms with van der Waals surface area (Å²) < 4.78 is 0. The predicted octanol–water partition coefficient (Wildman–Crippen LogP) is 8.84. The van der Waals surface area contributed by atoms with Crippen LogP contribution in [-0.2, 0) is 12.7 Å². The Bertz CT molecular complexity index is 1170. The third kappa shape index (κ3) is 7.10. The summed E-state index contributed by atoms with van der Waals surface area (Å²) in [7, 11) is 0.852. The van der Waals surface area contributed by atoms with E-state index in [1.54, 1.807) is 0 Å². The van der Waals surface area contributed by atoms with Crippen LogP contribution in [-0.4, -0.2) is 12.2 Å². The molecule has 0 bridgehead atoms. The number of nitrogens with one attached hydrogen (secondary N) is 1. The second-order valence-electron chi connectivity index (χ2n) is 10.9. The summed E-state index contributed by atoms with van der Waals surface area (Å²) in [5, 5.41) is 3.46. The maximum absolute atomic E-state index is 5.72. The number of benzene rings is 3. The van der Waals surface area contributed by atoms with E-state index in [-0.39, 0.29) is 0 Å². The Morgan fingerprint density at radius 1 is 0.833 bits per heavy atom. The molecule has 0 aromatic heterocycles. The summed E-state index contributed by atoms with van der Waals surface area (Å²) in [4.78, 5) is 0.903. The van der Waals surface area contributed by atoms with Crippen LogP contribution in [0.1, 0.15) is 72.6 Å². The van der Waals surface area contributed by atoms with Gasteiger partial charge in [0.2, 0.25) is 0 Å². The predicted molar refractivity (Wildman–Crippen MR) is 166 cm³/mol. The zero-order chi connectivity index (χ0) is 26.4. The summed E-state index contributed by atoms with van der Waals surface area (Å²) in [6.07, 6.45) is 4.60. The van der Waals surface area contributed by atoms with Gasteiger partial charge in [0.25, 0.3) is 0 Å². The van der Waals surface area contributed by atoms with E-state index in [2.05, 4.69) is 109 Å². The van der Waals surface area contributed by atoms with Crippen LogP contribution in [0, 0.1) is 46.5 Å². The second-order valence-corrected chi connectivity index (χ2v) is 11.4. The number of anilines is 1. The van der Waals surface area contributed by atoms with Crippen molar-refractivity contribution in [1.29, 1.82) is 0 Å².